The molecule has 0 aliphatic heterocycles. The zero-order chi connectivity index (χ0) is 11.8. The average molecular weight is 228 g/mol. The van der Waals surface area contributed by atoms with Gasteiger partial charge in [-0.05, 0) is 0 Å². The van der Waals surface area contributed by atoms with Gasteiger partial charge in [-0.25, -0.2) is 9.97 Å². The molecule has 0 radical (unpaired) electrons. The van der Waals surface area contributed by atoms with E-state index >= 15 is 0 Å². The molecule has 0 amide bonds. The largest absolute Gasteiger partial charge is 0.490 e. The van der Waals surface area contributed by atoms with Gasteiger partial charge < -0.3 is 25.6 Å². The van der Waals surface area contributed by atoms with E-state index in [1.54, 1.807) is 0 Å². The number of rotatable bonds is 7. The van der Waals surface area contributed by atoms with Gasteiger partial charge >= 0.3 is 0 Å². The first-order chi connectivity index (χ1) is 7.79. The fourth-order valence-electron chi connectivity index (χ4n) is 1.12. The predicted molar refractivity (Wildman–Crippen MR) is 59.4 cm³/mol. The van der Waals surface area contributed by atoms with Gasteiger partial charge in [-0.3, -0.25) is 0 Å². The smallest absolute Gasteiger partial charge is 0.203 e. The minimum atomic E-state index is 0.0176. The molecule has 7 nitrogen and oxygen atoms in total. The summed E-state index contributed by atoms with van der Waals surface area (Å²) in [7, 11) is 1.50. The van der Waals surface area contributed by atoms with Crippen LogP contribution in [0.2, 0.25) is 0 Å². The van der Waals surface area contributed by atoms with Gasteiger partial charge in [-0.1, -0.05) is 0 Å². The van der Waals surface area contributed by atoms with E-state index in [9.17, 15) is 0 Å². The molecule has 90 valence electrons. The molecular weight excluding hydrogens is 212 g/mol. The summed E-state index contributed by atoms with van der Waals surface area (Å²) in [5, 5.41) is 11.5. The zero-order valence-electron chi connectivity index (χ0n) is 9.14. The van der Waals surface area contributed by atoms with Crippen LogP contribution in [0.1, 0.15) is 0 Å². The van der Waals surface area contributed by atoms with E-state index in [0.717, 1.165) is 0 Å². The molecule has 1 aromatic rings. The van der Waals surface area contributed by atoms with Crippen molar-refractivity contribution in [3.05, 3.63) is 6.33 Å². The van der Waals surface area contributed by atoms with Crippen LogP contribution < -0.4 is 15.8 Å². The highest BCUT2D eigenvalue weighted by Gasteiger charge is 2.08. The average Bonchev–Trinajstić information content (AvgIpc) is 2.29. The van der Waals surface area contributed by atoms with Crippen molar-refractivity contribution >= 4 is 11.6 Å². The Hall–Kier alpha value is -1.60. The summed E-state index contributed by atoms with van der Waals surface area (Å²) in [6.45, 7) is 1.36. The van der Waals surface area contributed by atoms with Gasteiger partial charge in [-0.2, -0.15) is 0 Å². The van der Waals surface area contributed by atoms with Crippen molar-refractivity contribution in [2.24, 2.45) is 0 Å². The topological polar surface area (TPSA) is 103 Å². The molecule has 16 heavy (non-hydrogen) atoms. The quantitative estimate of drug-likeness (QED) is 0.540. The molecule has 0 aromatic carbocycles. The first-order valence-electron chi connectivity index (χ1n) is 4.86. The van der Waals surface area contributed by atoms with E-state index in [2.05, 4.69) is 15.3 Å². The summed E-state index contributed by atoms with van der Waals surface area (Å²) >= 11 is 0. The fraction of sp³-hybridized carbons (Fsp3) is 0.556. The third kappa shape index (κ3) is 3.52. The Morgan fingerprint density at radius 3 is 2.94 bits per heavy atom. The van der Waals surface area contributed by atoms with Gasteiger partial charge in [-0.15, -0.1) is 0 Å². The van der Waals surface area contributed by atoms with Crippen LogP contribution in [0.25, 0.3) is 0 Å². The maximum absolute atomic E-state index is 8.50. The molecule has 0 unspecified atom stereocenters. The Kier molecular flexibility index (Phi) is 5.30. The van der Waals surface area contributed by atoms with Crippen LogP contribution in [0.4, 0.5) is 11.6 Å². The molecule has 0 saturated heterocycles. The van der Waals surface area contributed by atoms with Gasteiger partial charge in [0.2, 0.25) is 5.75 Å². The molecule has 0 bridgehead atoms. The number of aliphatic hydroxyl groups excluding tert-OH is 1. The fourth-order valence-corrected chi connectivity index (χ4v) is 1.12. The van der Waals surface area contributed by atoms with Gasteiger partial charge in [0.1, 0.15) is 6.33 Å². The minimum Gasteiger partial charge on any atom is -0.490 e. The van der Waals surface area contributed by atoms with Crippen molar-refractivity contribution in [1.82, 2.24) is 9.97 Å². The van der Waals surface area contributed by atoms with Crippen LogP contribution in [0.5, 0.6) is 5.75 Å². The Morgan fingerprint density at radius 2 is 2.25 bits per heavy atom. The molecule has 1 aromatic heterocycles. The van der Waals surface area contributed by atoms with E-state index in [4.69, 9.17) is 20.3 Å². The predicted octanol–water partition coefficient (Wildman–Crippen LogP) is -0.512. The maximum Gasteiger partial charge on any atom is 0.203 e. The van der Waals surface area contributed by atoms with Crippen LogP contribution >= 0.6 is 0 Å². The van der Waals surface area contributed by atoms with Gasteiger partial charge in [0.15, 0.2) is 11.6 Å². The lowest BCUT2D eigenvalue weighted by atomic mass is 10.4. The Labute approximate surface area is 93.6 Å². The van der Waals surface area contributed by atoms with Crippen molar-refractivity contribution in [2.45, 2.75) is 0 Å². The molecule has 0 spiro atoms. The second kappa shape index (κ2) is 6.81. The summed E-state index contributed by atoms with van der Waals surface area (Å²) in [6.07, 6.45) is 1.36. The molecule has 0 atom stereocenters. The van der Waals surface area contributed by atoms with Crippen LogP contribution in [0.3, 0.4) is 0 Å². The number of nitrogen functional groups attached to an aromatic ring is 1. The number of nitrogens with one attached hydrogen (secondary N) is 1. The van der Waals surface area contributed by atoms with Gasteiger partial charge in [0.25, 0.3) is 0 Å². The number of anilines is 2. The number of methoxy groups -OCH3 is 1. The maximum atomic E-state index is 8.50. The molecule has 1 heterocycles. The lowest BCUT2D eigenvalue weighted by molar-refractivity contribution is 0.0991. The lowest BCUT2D eigenvalue weighted by Crippen LogP contribution is -2.13. The van der Waals surface area contributed by atoms with E-state index in [1.807, 2.05) is 0 Å². The lowest BCUT2D eigenvalue weighted by Gasteiger charge is -2.10. The third-order valence-corrected chi connectivity index (χ3v) is 1.81. The third-order valence-electron chi connectivity index (χ3n) is 1.81. The van der Waals surface area contributed by atoms with E-state index in [1.165, 1.54) is 13.4 Å². The van der Waals surface area contributed by atoms with Crippen molar-refractivity contribution in [3.8, 4) is 5.75 Å². The normalized spacial score (nSPS) is 10.1. The van der Waals surface area contributed by atoms with E-state index in [-0.39, 0.29) is 12.4 Å². The molecular formula is C9H16N4O3. The van der Waals surface area contributed by atoms with Crippen molar-refractivity contribution in [2.75, 3.05) is 44.5 Å². The highest BCUT2D eigenvalue weighted by atomic mass is 16.5. The van der Waals surface area contributed by atoms with Crippen molar-refractivity contribution in [1.29, 1.82) is 0 Å². The Morgan fingerprint density at radius 1 is 1.44 bits per heavy atom. The summed E-state index contributed by atoms with van der Waals surface area (Å²) in [6, 6.07) is 0. The molecule has 0 aliphatic rings. The number of hydrogen-bond donors (Lipinski definition) is 3. The minimum absolute atomic E-state index is 0.0176. The number of aliphatic hydroxyl groups is 1. The number of hydrogen-bond acceptors (Lipinski definition) is 7. The first-order valence-corrected chi connectivity index (χ1v) is 4.86. The monoisotopic (exact) mass is 228 g/mol. The first kappa shape index (κ1) is 12.5. The van der Waals surface area contributed by atoms with Crippen LogP contribution in [0.15, 0.2) is 6.33 Å². The highest BCUT2D eigenvalue weighted by Crippen LogP contribution is 2.25. The number of nitrogens with zero attached hydrogens (tertiary/aromatic N) is 2. The van der Waals surface area contributed by atoms with Crippen LogP contribution in [-0.2, 0) is 4.74 Å². The standard InChI is InChI=1S/C9H16N4O3/c1-15-7-8(10)12-6-13-9(7)11-2-4-16-5-3-14/h6,14H,2-5H2,1H3,(H3,10,11,12,13). The second-order valence-electron chi connectivity index (χ2n) is 2.90. The summed E-state index contributed by atoms with van der Waals surface area (Å²) < 4.78 is 10.1. The Balaban J connectivity index is 2.44. The van der Waals surface area contributed by atoms with Gasteiger partial charge in [0.05, 0.1) is 26.9 Å². The molecule has 0 fully saturated rings. The van der Waals surface area contributed by atoms with Crippen molar-refractivity contribution < 1.29 is 14.6 Å². The van der Waals surface area contributed by atoms with E-state index in [0.29, 0.717) is 31.3 Å². The summed E-state index contributed by atoms with van der Waals surface area (Å²) in [4.78, 5) is 7.80. The molecule has 7 heteroatoms. The SMILES string of the molecule is COc1c(N)ncnc1NCCOCCO. The number of aromatic nitrogens is 2. The van der Waals surface area contributed by atoms with Crippen LogP contribution in [0, 0.1) is 0 Å². The second-order valence-corrected chi connectivity index (χ2v) is 2.90. The molecule has 0 saturated carbocycles. The zero-order valence-corrected chi connectivity index (χ0v) is 9.14. The highest BCUT2D eigenvalue weighted by molar-refractivity contribution is 5.61. The summed E-state index contributed by atoms with van der Waals surface area (Å²) in [5.74, 6) is 1.24. The van der Waals surface area contributed by atoms with Crippen molar-refractivity contribution in [3.63, 3.8) is 0 Å². The Bertz CT molecular complexity index is 322. The number of nitrogens with two attached hydrogens (primary N) is 1. The number of ether oxygens (including phenoxy) is 2. The molecule has 1 rings (SSSR count). The van der Waals surface area contributed by atoms with Crippen LogP contribution in [-0.4, -0.2) is 48.5 Å². The molecule has 4 N–H and O–H groups in total. The summed E-state index contributed by atoms with van der Waals surface area (Å²) in [5.41, 5.74) is 5.60. The molecule has 0 aliphatic carbocycles. The van der Waals surface area contributed by atoms with E-state index < -0.39 is 0 Å². The van der Waals surface area contributed by atoms with Gasteiger partial charge in [0, 0.05) is 6.54 Å².